The van der Waals surface area contributed by atoms with Crippen molar-refractivity contribution in [2.24, 2.45) is 0 Å². The summed E-state index contributed by atoms with van der Waals surface area (Å²) in [4.78, 5) is 2.32. The number of benzene rings is 1. The van der Waals surface area contributed by atoms with E-state index in [0.29, 0.717) is 6.10 Å². The number of aryl methyl sites for hydroxylation is 2. The van der Waals surface area contributed by atoms with Crippen LogP contribution in [0.5, 0.6) is 5.75 Å². The lowest BCUT2D eigenvalue weighted by Crippen LogP contribution is -2.45. The molecule has 112 valence electrons. The molecule has 1 fully saturated rings. The lowest BCUT2D eigenvalue weighted by atomic mass is 10.0. The van der Waals surface area contributed by atoms with E-state index < -0.39 is 5.60 Å². The molecule has 1 N–H and O–H groups in total. The zero-order valence-corrected chi connectivity index (χ0v) is 13.1. The molecule has 0 saturated carbocycles. The van der Waals surface area contributed by atoms with Gasteiger partial charge in [-0.25, -0.2) is 0 Å². The van der Waals surface area contributed by atoms with Crippen LogP contribution in [0.4, 0.5) is 0 Å². The normalized spacial score (nSPS) is 18.2. The Morgan fingerprint density at radius 3 is 2.25 bits per heavy atom. The number of piperidine rings is 1. The third kappa shape index (κ3) is 4.22. The Balaban J connectivity index is 1.89. The van der Waals surface area contributed by atoms with Gasteiger partial charge in [0.15, 0.2) is 0 Å². The van der Waals surface area contributed by atoms with Crippen molar-refractivity contribution in [1.82, 2.24) is 4.90 Å². The molecule has 0 aromatic heterocycles. The minimum absolute atomic E-state index is 0.299. The molecule has 0 bridgehead atoms. The van der Waals surface area contributed by atoms with Crippen LogP contribution in [0.15, 0.2) is 18.2 Å². The molecular formula is C17H27NO2. The van der Waals surface area contributed by atoms with Gasteiger partial charge >= 0.3 is 0 Å². The van der Waals surface area contributed by atoms with Crippen LogP contribution >= 0.6 is 0 Å². The maximum absolute atomic E-state index is 9.87. The minimum atomic E-state index is -0.611. The number of rotatable bonds is 4. The van der Waals surface area contributed by atoms with Crippen LogP contribution in [0, 0.1) is 13.8 Å². The largest absolute Gasteiger partial charge is 0.490 e. The molecule has 1 saturated heterocycles. The van der Waals surface area contributed by atoms with E-state index in [1.807, 2.05) is 13.8 Å². The molecule has 20 heavy (non-hydrogen) atoms. The van der Waals surface area contributed by atoms with E-state index in [1.54, 1.807) is 0 Å². The molecule has 1 aromatic carbocycles. The zero-order chi connectivity index (χ0) is 14.8. The van der Waals surface area contributed by atoms with Gasteiger partial charge in [0.2, 0.25) is 0 Å². The first-order chi connectivity index (χ1) is 9.35. The van der Waals surface area contributed by atoms with Crippen LogP contribution in [-0.4, -0.2) is 41.3 Å². The van der Waals surface area contributed by atoms with Crippen LogP contribution in [0.1, 0.15) is 37.8 Å². The predicted molar refractivity (Wildman–Crippen MR) is 82.3 cm³/mol. The molecule has 1 aliphatic rings. The smallest absolute Gasteiger partial charge is 0.125 e. The van der Waals surface area contributed by atoms with Gasteiger partial charge in [-0.1, -0.05) is 18.2 Å². The fourth-order valence-electron chi connectivity index (χ4n) is 2.88. The highest BCUT2D eigenvalue weighted by atomic mass is 16.5. The average Bonchev–Trinajstić information content (AvgIpc) is 2.34. The van der Waals surface area contributed by atoms with Crippen molar-refractivity contribution >= 4 is 0 Å². The van der Waals surface area contributed by atoms with E-state index in [-0.39, 0.29) is 0 Å². The molecule has 0 aliphatic carbocycles. The second-order valence-electron chi connectivity index (χ2n) is 6.63. The van der Waals surface area contributed by atoms with Gasteiger partial charge in [0.1, 0.15) is 11.9 Å². The Kier molecular flexibility index (Phi) is 4.71. The zero-order valence-electron chi connectivity index (χ0n) is 13.1. The van der Waals surface area contributed by atoms with Gasteiger partial charge < -0.3 is 14.7 Å². The van der Waals surface area contributed by atoms with Crippen molar-refractivity contribution in [1.29, 1.82) is 0 Å². The summed E-state index contributed by atoms with van der Waals surface area (Å²) in [5.74, 6) is 1.05. The van der Waals surface area contributed by atoms with E-state index >= 15 is 0 Å². The standard InChI is InChI=1S/C17H27NO2/c1-13-6-5-7-14(2)16(13)20-15-8-10-18(11-9-15)12-17(3,4)19/h5-7,15,19H,8-12H2,1-4H3. The van der Waals surface area contributed by atoms with Gasteiger partial charge in [0.05, 0.1) is 5.60 Å². The summed E-state index contributed by atoms with van der Waals surface area (Å²) < 4.78 is 6.21. The maximum atomic E-state index is 9.87. The average molecular weight is 277 g/mol. The summed E-state index contributed by atoms with van der Waals surface area (Å²) in [5.41, 5.74) is 1.81. The number of nitrogens with zero attached hydrogens (tertiary/aromatic N) is 1. The van der Waals surface area contributed by atoms with Crippen molar-refractivity contribution in [2.45, 2.75) is 52.2 Å². The highest BCUT2D eigenvalue weighted by Gasteiger charge is 2.25. The Hall–Kier alpha value is -1.06. The molecular weight excluding hydrogens is 250 g/mol. The first kappa shape index (κ1) is 15.3. The number of ether oxygens (including phenoxy) is 1. The first-order valence-electron chi connectivity index (χ1n) is 7.53. The minimum Gasteiger partial charge on any atom is -0.490 e. The SMILES string of the molecule is Cc1cccc(C)c1OC1CCN(CC(C)(C)O)CC1. The van der Waals surface area contributed by atoms with Crippen molar-refractivity contribution in [3.63, 3.8) is 0 Å². The lowest BCUT2D eigenvalue weighted by molar-refractivity contribution is 0.0138. The Morgan fingerprint density at radius 1 is 1.20 bits per heavy atom. The summed E-state index contributed by atoms with van der Waals surface area (Å²) in [6, 6.07) is 6.28. The number of likely N-dealkylation sites (tertiary alicyclic amines) is 1. The van der Waals surface area contributed by atoms with Gasteiger partial charge in [0, 0.05) is 19.6 Å². The maximum Gasteiger partial charge on any atom is 0.125 e. The molecule has 0 amide bonds. The molecule has 3 nitrogen and oxygen atoms in total. The van der Waals surface area contributed by atoms with Gasteiger partial charge in [-0.2, -0.15) is 0 Å². The third-order valence-corrected chi connectivity index (χ3v) is 3.84. The summed E-state index contributed by atoms with van der Waals surface area (Å²) in [6.07, 6.45) is 2.36. The Labute approximate surface area is 122 Å². The highest BCUT2D eigenvalue weighted by molar-refractivity contribution is 5.39. The molecule has 0 unspecified atom stereocenters. The first-order valence-corrected chi connectivity index (χ1v) is 7.53. The molecule has 0 spiro atoms. The molecule has 2 rings (SSSR count). The van der Waals surface area contributed by atoms with Crippen molar-refractivity contribution in [2.75, 3.05) is 19.6 Å². The van der Waals surface area contributed by atoms with E-state index in [1.165, 1.54) is 11.1 Å². The second kappa shape index (κ2) is 6.15. The summed E-state index contributed by atoms with van der Waals surface area (Å²) >= 11 is 0. The quantitative estimate of drug-likeness (QED) is 0.918. The molecule has 0 atom stereocenters. The summed E-state index contributed by atoms with van der Waals surface area (Å²) in [5, 5.41) is 9.87. The number of aliphatic hydroxyl groups is 1. The van der Waals surface area contributed by atoms with Crippen LogP contribution in [0.25, 0.3) is 0 Å². The van der Waals surface area contributed by atoms with Crippen molar-refractivity contribution in [3.05, 3.63) is 29.3 Å². The predicted octanol–water partition coefficient (Wildman–Crippen LogP) is 2.92. The summed E-state index contributed by atoms with van der Waals surface area (Å²) in [7, 11) is 0. The fourth-order valence-corrected chi connectivity index (χ4v) is 2.88. The lowest BCUT2D eigenvalue weighted by Gasteiger charge is -2.35. The van der Waals surface area contributed by atoms with Crippen LogP contribution in [-0.2, 0) is 0 Å². The van der Waals surface area contributed by atoms with E-state index in [0.717, 1.165) is 38.2 Å². The number of β-amino-alcohol motifs (C(OH)–C–C–N with tert-alkyl or cyclic N) is 1. The van der Waals surface area contributed by atoms with Crippen molar-refractivity contribution < 1.29 is 9.84 Å². The van der Waals surface area contributed by atoms with Crippen LogP contribution < -0.4 is 4.74 Å². The molecule has 3 heteroatoms. The number of para-hydroxylation sites is 1. The Bertz CT molecular complexity index is 423. The topological polar surface area (TPSA) is 32.7 Å². The Morgan fingerprint density at radius 2 is 1.75 bits per heavy atom. The molecule has 1 heterocycles. The summed E-state index contributed by atoms with van der Waals surface area (Å²) in [6.45, 7) is 10.7. The van der Waals surface area contributed by atoms with E-state index in [4.69, 9.17) is 4.74 Å². The van der Waals surface area contributed by atoms with Crippen LogP contribution in [0.2, 0.25) is 0 Å². The molecule has 1 aliphatic heterocycles. The third-order valence-electron chi connectivity index (χ3n) is 3.84. The van der Waals surface area contributed by atoms with Crippen LogP contribution in [0.3, 0.4) is 0 Å². The number of hydrogen-bond acceptors (Lipinski definition) is 3. The monoisotopic (exact) mass is 277 g/mol. The van der Waals surface area contributed by atoms with Crippen molar-refractivity contribution in [3.8, 4) is 5.75 Å². The molecule has 0 radical (unpaired) electrons. The van der Waals surface area contributed by atoms with Gasteiger partial charge in [-0.3, -0.25) is 0 Å². The number of hydrogen-bond donors (Lipinski definition) is 1. The van der Waals surface area contributed by atoms with Gasteiger partial charge in [-0.05, 0) is 51.7 Å². The van der Waals surface area contributed by atoms with E-state index in [9.17, 15) is 5.11 Å². The van der Waals surface area contributed by atoms with E-state index in [2.05, 4.69) is 36.9 Å². The van der Waals surface area contributed by atoms with Gasteiger partial charge in [-0.15, -0.1) is 0 Å². The highest BCUT2D eigenvalue weighted by Crippen LogP contribution is 2.26. The fraction of sp³-hybridized carbons (Fsp3) is 0.647. The second-order valence-corrected chi connectivity index (χ2v) is 6.63. The van der Waals surface area contributed by atoms with Gasteiger partial charge in [0.25, 0.3) is 0 Å². The molecule has 1 aromatic rings.